The molecule has 114 valence electrons. The van der Waals surface area contributed by atoms with Gasteiger partial charge in [0.25, 0.3) is 0 Å². The first-order chi connectivity index (χ1) is 9.80. The van der Waals surface area contributed by atoms with E-state index in [0.29, 0.717) is 5.95 Å². The third-order valence-electron chi connectivity index (χ3n) is 3.51. The van der Waals surface area contributed by atoms with E-state index in [9.17, 15) is 0 Å². The highest BCUT2D eigenvalue weighted by Gasteiger charge is 2.39. The molecule has 21 heavy (non-hydrogen) atoms. The zero-order valence-electron chi connectivity index (χ0n) is 13.2. The van der Waals surface area contributed by atoms with Crippen molar-refractivity contribution in [1.82, 2.24) is 20.2 Å². The highest BCUT2D eigenvalue weighted by atomic mass is 16.5. The van der Waals surface area contributed by atoms with Gasteiger partial charge in [0.1, 0.15) is 5.82 Å². The maximum Gasteiger partial charge on any atom is 0.226 e. The number of fused-ring (bicyclic) bond motifs is 1. The van der Waals surface area contributed by atoms with E-state index < -0.39 is 0 Å². The Bertz CT molecular complexity index is 647. The molecular weight excluding hydrogens is 268 g/mol. The fraction of sp³-hybridized carbons (Fsp3) is 0.643. The highest BCUT2D eigenvalue weighted by molar-refractivity contribution is 5.87. The van der Waals surface area contributed by atoms with E-state index in [1.807, 2.05) is 7.05 Å². The van der Waals surface area contributed by atoms with Crippen molar-refractivity contribution >= 4 is 22.8 Å². The number of anilines is 2. The lowest BCUT2D eigenvalue weighted by atomic mass is 9.99. The van der Waals surface area contributed by atoms with Gasteiger partial charge < -0.3 is 15.0 Å². The van der Waals surface area contributed by atoms with E-state index in [2.05, 4.69) is 58.1 Å². The zero-order valence-corrected chi connectivity index (χ0v) is 13.2. The molecule has 0 aliphatic carbocycles. The molecule has 0 amide bonds. The Kier molecular flexibility index (Phi) is 3.05. The monoisotopic (exact) mass is 290 g/mol. The summed E-state index contributed by atoms with van der Waals surface area (Å²) in [4.78, 5) is 11.3. The normalized spacial score (nSPS) is 20.7. The SMILES string of the molecule is CNc1nc(N2CC(C)(C)OC(C)(C)C2)c2cn[nH]c2n1. The van der Waals surface area contributed by atoms with Crippen LogP contribution in [-0.4, -0.2) is 51.5 Å². The number of nitrogens with zero attached hydrogens (tertiary/aromatic N) is 4. The van der Waals surface area contributed by atoms with Crippen LogP contribution >= 0.6 is 0 Å². The number of morpholine rings is 1. The molecule has 1 saturated heterocycles. The standard InChI is InChI=1S/C14H22N6O/c1-13(2)7-20(8-14(3,4)21-13)11-9-6-16-19-10(9)17-12(15-5)18-11/h6H,7-8H2,1-5H3,(H2,15,16,17,18,19). The molecule has 0 spiro atoms. The summed E-state index contributed by atoms with van der Waals surface area (Å²) in [6.45, 7) is 9.97. The minimum absolute atomic E-state index is 0.234. The summed E-state index contributed by atoms with van der Waals surface area (Å²) in [5.74, 6) is 1.48. The third kappa shape index (κ3) is 2.65. The molecule has 2 N–H and O–H groups in total. The maximum absolute atomic E-state index is 6.14. The van der Waals surface area contributed by atoms with Crippen LogP contribution < -0.4 is 10.2 Å². The molecule has 2 aromatic rings. The largest absolute Gasteiger partial charge is 0.366 e. The molecule has 0 atom stereocenters. The van der Waals surface area contributed by atoms with Gasteiger partial charge in [-0.25, -0.2) is 0 Å². The molecule has 0 aromatic carbocycles. The highest BCUT2D eigenvalue weighted by Crippen LogP contribution is 2.33. The molecule has 1 aliphatic heterocycles. The molecule has 3 rings (SSSR count). The van der Waals surface area contributed by atoms with Gasteiger partial charge in [0.15, 0.2) is 5.65 Å². The Morgan fingerprint density at radius 3 is 2.48 bits per heavy atom. The van der Waals surface area contributed by atoms with Crippen LogP contribution in [0.5, 0.6) is 0 Å². The van der Waals surface area contributed by atoms with Gasteiger partial charge in [0, 0.05) is 20.1 Å². The van der Waals surface area contributed by atoms with Crippen molar-refractivity contribution in [1.29, 1.82) is 0 Å². The van der Waals surface area contributed by atoms with E-state index >= 15 is 0 Å². The lowest BCUT2D eigenvalue weighted by Gasteiger charge is -2.47. The number of hydrogen-bond acceptors (Lipinski definition) is 6. The summed E-state index contributed by atoms with van der Waals surface area (Å²) in [7, 11) is 1.81. The molecule has 7 heteroatoms. The molecule has 7 nitrogen and oxygen atoms in total. The summed E-state index contributed by atoms with van der Waals surface area (Å²) in [6, 6.07) is 0. The summed E-state index contributed by atoms with van der Waals surface area (Å²) in [5.41, 5.74) is 0.275. The summed E-state index contributed by atoms with van der Waals surface area (Å²) < 4.78 is 6.14. The smallest absolute Gasteiger partial charge is 0.226 e. The number of ether oxygens (including phenoxy) is 1. The lowest BCUT2D eigenvalue weighted by Crippen LogP contribution is -2.57. The number of hydrogen-bond donors (Lipinski definition) is 2. The number of aromatic amines is 1. The van der Waals surface area contributed by atoms with Gasteiger partial charge in [-0.2, -0.15) is 15.1 Å². The first kappa shape index (κ1) is 14.1. The van der Waals surface area contributed by atoms with E-state index in [4.69, 9.17) is 4.74 Å². The van der Waals surface area contributed by atoms with Gasteiger partial charge in [-0.1, -0.05) is 0 Å². The van der Waals surface area contributed by atoms with Crippen LogP contribution in [0.1, 0.15) is 27.7 Å². The van der Waals surface area contributed by atoms with E-state index in [1.54, 1.807) is 6.20 Å². The minimum atomic E-state index is -0.234. The summed E-state index contributed by atoms with van der Waals surface area (Å²) in [6.07, 6.45) is 1.78. The quantitative estimate of drug-likeness (QED) is 0.878. The average molecular weight is 290 g/mol. The van der Waals surface area contributed by atoms with Gasteiger partial charge in [-0.3, -0.25) is 5.10 Å². The predicted octanol–water partition coefficient (Wildman–Crippen LogP) is 1.79. The third-order valence-corrected chi connectivity index (χ3v) is 3.51. The topological polar surface area (TPSA) is 79.0 Å². The summed E-state index contributed by atoms with van der Waals surface area (Å²) in [5, 5.41) is 10.9. The van der Waals surface area contributed by atoms with Crippen molar-refractivity contribution in [3.05, 3.63) is 6.20 Å². The van der Waals surface area contributed by atoms with Crippen molar-refractivity contribution in [2.45, 2.75) is 38.9 Å². The van der Waals surface area contributed by atoms with Crippen molar-refractivity contribution < 1.29 is 4.74 Å². The second kappa shape index (κ2) is 4.56. The molecule has 1 fully saturated rings. The fourth-order valence-corrected chi connectivity index (χ4v) is 3.11. The van der Waals surface area contributed by atoms with Gasteiger partial charge in [0.2, 0.25) is 5.95 Å². The lowest BCUT2D eigenvalue weighted by molar-refractivity contribution is -0.133. The average Bonchev–Trinajstić information content (AvgIpc) is 2.81. The van der Waals surface area contributed by atoms with Crippen LogP contribution in [0.3, 0.4) is 0 Å². The Balaban J connectivity index is 2.08. The molecule has 2 aromatic heterocycles. The first-order valence-corrected chi connectivity index (χ1v) is 7.14. The Morgan fingerprint density at radius 2 is 1.86 bits per heavy atom. The number of nitrogens with one attached hydrogen (secondary N) is 2. The number of H-pyrrole nitrogens is 1. The Morgan fingerprint density at radius 1 is 1.19 bits per heavy atom. The van der Waals surface area contributed by atoms with Crippen LogP contribution in [-0.2, 0) is 4.74 Å². The van der Waals surface area contributed by atoms with Crippen LogP contribution in [0.15, 0.2) is 6.20 Å². The van der Waals surface area contributed by atoms with Gasteiger partial charge in [-0.15, -0.1) is 0 Å². The van der Waals surface area contributed by atoms with Crippen LogP contribution in [0, 0.1) is 0 Å². The molecule has 0 unspecified atom stereocenters. The van der Waals surface area contributed by atoms with E-state index in [1.165, 1.54) is 0 Å². The molecule has 3 heterocycles. The van der Waals surface area contributed by atoms with Crippen LogP contribution in [0.4, 0.5) is 11.8 Å². The van der Waals surface area contributed by atoms with E-state index in [-0.39, 0.29) is 11.2 Å². The van der Waals surface area contributed by atoms with Crippen LogP contribution in [0.25, 0.3) is 11.0 Å². The maximum atomic E-state index is 6.14. The molecule has 0 bridgehead atoms. The number of aromatic nitrogens is 4. The van der Waals surface area contributed by atoms with Crippen molar-refractivity contribution in [2.24, 2.45) is 0 Å². The van der Waals surface area contributed by atoms with Gasteiger partial charge >= 0.3 is 0 Å². The van der Waals surface area contributed by atoms with Crippen molar-refractivity contribution in [2.75, 3.05) is 30.4 Å². The molecule has 1 aliphatic rings. The second-order valence-corrected chi connectivity index (χ2v) is 6.73. The van der Waals surface area contributed by atoms with Crippen LogP contribution in [0.2, 0.25) is 0 Å². The summed E-state index contributed by atoms with van der Waals surface area (Å²) >= 11 is 0. The minimum Gasteiger partial charge on any atom is -0.366 e. The second-order valence-electron chi connectivity index (χ2n) is 6.73. The van der Waals surface area contributed by atoms with E-state index in [0.717, 1.165) is 29.9 Å². The molecule has 0 radical (unpaired) electrons. The van der Waals surface area contributed by atoms with Crippen molar-refractivity contribution in [3.63, 3.8) is 0 Å². The van der Waals surface area contributed by atoms with Crippen molar-refractivity contribution in [3.8, 4) is 0 Å². The van der Waals surface area contributed by atoms with Gasteiger partial charge in [0.05, 0.1) is 22.8 Å². The Labute approximate surface area is 124 Å². The number of rotatable bonds is 2. The first-order valence-electron chi connectivity index (χ1n) is 7.14. The molecular formula is C14H22N6O. The zero-order chi connectivity index (χ0) is 15.3. The fourth-order valence-electron chi connectivity index (χ4n) is 3.11. The van der Waals surface area contributed by atoms with Gasteiger partial charge in [-0.05, 0) is 27.7 Å². The molecule has 0 saturated carbocycles. The Hall–Kier alpha value is -1.89. The predicted molar refractivity (Wildman–Crippen MR) is 82.7 cm³/mol.